The van der Waals surface area contributed by atoms with Gasteiger partial charge in [0.25, 0.3) is 0 Å². The van der Waals surface area contributed by atoms with E-state index in [1.807, 2.05) is 62.2 Å². The van der Waals surface area contributed by atoms with Crippen LogP contribution in [0.1, 0.15) is 11.4 Å². The Hall–Kier alpha value is -4.66. The summed E-state index contributed by atoms with van der Waals surface area (Å²) in [5.41, 5.74) is 6.05. The molecule has 9 heteroatoms. The first-order valence-electron chi connectivity index (χ1n) is 11.1. The SMILES string of the molecule is C=CC(=O)Nc1cc(-c2c(-c3cnn(C)c3)[nH]c3ncc(OCc4nccn4C)cc23)ccc1C. The molecule has 0 atom stereocenters. The van der Waals surface area contributed by atoms with Gasteiger partial charge in [-0.1, -0.05) is 18.7 Å². The number of pyridine rings is 1. The van der Waals surface area contributed by atoms with Crippen molar-refractivity contribution in [2.24, 2.45) is 14.1 Å². The highest BCUT2D eigenvalue weighted by Crippen LogP contribution is 2.40. The lowest BCUT2D eigenvalue weighted by Crippen LogP contribution is -2.08. The molecule has 0 radical (unpaired) electrons. The minimum atomic E-state index is -0.261. The highest BCUT2D eigenvalue weighted by molar-refractivity contribution is 6.04. The van der Waals surface area contributed by atoms with Gasteiger partial charge >= 0.3 is 0 Å². The van der Waals surface area contributed by atoms with Crippen LogP contribution >= 0.6 is 0 Å². The van der Waals surface area contributed by atoms with Crippen molar-refractivity contribution in [2.45, 2.75) is 13.5 Å². The lowest BCUT2D eigenvalue weighted by atomic mass is 9.98. The van der Waals surface area contributed by atoms with Gasteiger partial charge in [-0.25, -0.2) is 9.97 Å². The van der Waals surface area contributed by atoms with E-state index in [2.05, 4.69) is 31.9 Å². The minimum absolute atomic E-state index is 0.261. The molecule has 0 aliphatic carbocycles. The lowest BCUT2D eigenvalue weighted by Gasteiger charge is -2.11. The molecular weight excluding hydrogens is 442 g/mol. The maximum atomic E-state index is 12.0. The van der Waals surface area contributed by atoms with Crippen LogP contribution in [0.5, 0.6) is 5.75 Å². The van der Waals surface area contributed by atoms with E-state index in [0.29, 0.717) is 18.0 Å². The number of H-pyrrole nitrogens is 1. The normalized spacial score (nSPS) is 11.1. The number of nitrogens with one attached hydrogen (secondary N) is 2. The third-order valence-electron chi connectivity index (χ3n) is 5.88. The van der Waals surface area contributed by atoms with E-state index in [-0.39, 0.29) is 5.91 Å². The Morgan fingerprint density at radius 3 is 2.77 bits per heavy atom. The molecule has 9 nitrogen and oxygen atoms in total. The van der Waals surface area contributed by atoms with Gasteiger partial charge in [0.1, 0.15) is 23.8 Å². The summed E-state index contributed by atoms with van der Waals surface area (Å²) in [6.45, 7) is 5.83. The summed E-state index contributed by atoms with van der Waals surface area (Å²) >= 11 is 0. The molecule has 4 aromatic heterocycles. The van der Waals surface area contributed by atoms with Crippen LogP contribution in [-0.4, -0.2) is 35.2 Å². The largest absolute Gasteiger partial charge is 0.484 e. The number of aromatic amines is 1. The Bertz CT molecular complexity index is 1560. The number of fused-ring (bicyclic) bond motifs is 1. The smallest absolute Gasteiger partial charge is 0.247 e. The van der Waals surface area contributed by atoms with E-state index in [1.165, 1.54) is 6.08 Å². The minimum Gasteiger partial charge on any atom is -0.484 e. The number of ether oxygens (including phenoxy) is 1. The molecule has 0 aliphatic heterocycles. The topological polar surface area (TPSA) is 103 Å². The number of imidazole rings is 1. The highest BCUT2D eigenvalue weighted by Gasteiger charge is 2.19. The Balaban J connectivity index is 1.63. The van der Waals surface area contributed by atoms with Crippen LogP contribution in [0, 0.1) is 6.92 Å². The number of anilines is 1. The first-order valence-corrected chi connectivity index (χ1v) is 11.1. The number of benzene rings is 1. The molecule has 35 heavy (non-hydrogen) atoms. The summed E-state index contributed by atoms with van der Waals surface area (Å²) in [5, 5.41) is 8.13. The molecule has 5 aromatic rings. The van der Waals surface area contributed by atoms with Crippen LogP contribution in [0.2, 0.25) is 0 Å². The zero-order chi connectivity index (χ0) is 24.5. The molecule has 0 bridgehead atoms. The van der Waals surface area contributed by atoms with Crippen molar-refractivity contribution in [3.63, 3.8) is 0 Å². The molecule has 2 N–H and O–H groups in total. The van der Waals surface area contributed by atoms with Crippen molar-refractivity contribution in [1.82, 2.24) is 29.3 Å². The summed E-state index contributed by atoms with van der Waals surface area (Å²) in [5.74, 6) is 1.19. The standard InChI is InChI=1S/C26H25N7O2/c1-5-23(34)30-21-10-17(7-6-16(21)2)24-20-11-19(35-15-22-27-8-9-32(22)3)13-28-26(20)31-25(24)18-12-29-33(4)14-18/h5-14H,1,15H2,2-4H3,(H,28,31)(H,30,34). The number of aryl methyl sites for hydroxylation is 3. The predicted octanol–water partition coefficient (Wildman–Crippen LogP) is 4.38. The Morgan fingerprint density at radius 1 is 1.20 bits per heavy atom. The fraction of sp³-hybridized carbons (Fsp3) is 0.154. The van der Waals surface area contributed by atoms with Crippen LogP contribution < -0.4 is 10.1 Å². The average molecular weight is 468 g/mol. The van der Waals surface area contributed by atoms with E-state index in [9.17, 15) is 4.79 Å². The van der Waals surface area contributed by atoms with E-state index < -0.39 is 0 Å². The van der Waals surface area contributed by atoms with Gasteiger partial charge in [0.15, 0.2) is 0 Å². The molecule has 1 amide bonds. The molecule has 0 fully saturated rings. The Kier molecular flexibility index (Phi) is 5.66. The molecular formula is C26H25N7O2. The van der Waals surface area contributed by atoms with Gasteiger partial charge < -0.3 is 19.6 Å². The fourth-order valence-electron chi connectivity index (χ4n) is 3.98. The first-order chi connectivity index (χ1) is 16.9. The van der Waals surface area contributed by atoms with Gasteiger partial charge in [-0.05, 0) is 36.3 Å². The summed E-state index contributed by atoms with van der Waals surface area (Å²) < 4.78 is 9.69. The number of carbonyl (C=O) groups excluding carboxylic acids is 1. The zero-order valence-corrected chi connectivity index (χ0v) is 19.7. The summed E-state index contributed by atoms with van der Waals surface area (Å²) in [7, 11) is 3.81. The van der Waals surface area contributed by atoms with Gasteiger partial charge in [-0.2, -0.15) is 5.10 Å². The van der Waals surface area contributed by atoms with Gasteiger partial charge in [0, 0.05) is 54.9 Å². The maximum Gasteiger partial charge on any atom is 0.247 e. The van der Waals surface area contributed by atoms with Crippen LogP contribution in [-0.2, 0) is 25.5 Å². The molecule has 0 unspecified atom stereocenters. The number of rotatable bonds is 7. The van der Waals surface area contributed by atoms with E-state index in [4.69, 9.17) is 4.74 Å². The molecule has 176 valence electrons. The second-order valence-electron chi connectivity index (χ2n) is 8.31. The quantitative estimate of drug-likeness (QED) is 0.346. The number of amides is 1. The summed E-state index contributed by atoms with van der Waals surface area (Å²) in [4.78, 5) is 24.4. The molecule has 5 rings (SSSR count). The maximum absolute atomic E-state index is 12.0. The van der Waals surface area contributed by atoms with E-state index in [1.54, 1.807) is 23.3 Å². The monoisotopic (exact) mass is 467 g/mol. The first kappa shape index (κ1) is 22.1. The van der Waals surface area contributed by atoms with Crippen LogP contribution in [0.15, 0.2) is 67.9 Å². The predicted molar refractivity (Wildman–Crippen MR) is 135 cm³/mol. The van der Waals surface area contributed by atoms with Crippen LogP contribution in [0.3, 0.4) is 0 Å². The average Bonchev–Trinajstić information content (AvgIpc) is 3.56. The van der Waals surface area contributed by atoms with Crippen molar-refractivity contribution >= 4 is 22.6 Å². The molecule has 1 aromatic carbocycles. The van der Waals surface area contributed by atoms with E-state index in [0.717, 1.165) is 44.8 Å². The second-order valence-corrected chi connectivity index (χ2v) is 8.31. The molecule has 0 aliphatic rings. The molecule has 4 heterocycles. The third-order valence-corrected chi connectivity index (χ3v) is 5.88. The van der Waals surface area contributed by atoms with Gasteiger partial charge in [0.05, 0.1) is 18.1 Å². The summed E-state index contributed by atoms with van der Waals surface area (Å²) in [6, 6.07) is 7.94. The van der Waals surface area contributed by atoms with Gasteiger partial charge in [-0.3, -0.25) is 9.48 Å². The Morgan fingerprint density at radius 2 is 2.06 bits per heavy atom. The van der Waals surface area contributed by atoms with Crippen molar-refractivity contribution in [2.75, 3.05) is 5.32 Å². The number of hydrogen-bond donors (Lipinski definition) is 2. The number of carbonyl (C=O) groups is 1. The molecule has 0 spiro atoms. The molecule has 0 saturated carbocycles. The van der Waals surface area contributed by atoms with Crippen molar-refractivity contribution < 1.29 is 9.53 Å². The van der Waals surface area contributed by atoms with Gasteiger partial charge in [0.2, 0.25) is 5.91 Å². The second kappa shape index (κ2) is 8.94. The van der Waals surface area contributed by atoms with Crippen LogP contribution in [0.25, 0.3) is 33.4 Å². The number of nitrogens with zero attached hydrogens (tertiary/aromatic N) is 5. The zero-order valence-electron chi connectivity index (χ0n) is 19.7. The van der Waals surface area contributed by atoms with Crippen molar-refractivity contribution in [3.05, 3.63) is 79.3 Å². The summed E-state index contributed by atoms with van der Waals surface area (Å²) in [6.07, 6.45) is 10.3. The fourth-order valence-corrected chi connectivity index (χ4v) is 3.98. The van der Waals surface area contributed by atoms with Crippen LogP contribution in [0.4, 0.5) is 5.69 Å². The third kappa shape index (κ3) is 4.31. The molecule has 0 saturated heterocycles. The van der Waals surface area contributed by atoms with Crippen molar-refractivity contribution in [1.29, 1.82) is 0 Å². The van der Waals surface area contributed by atoms with Crippen molar-refractivity contribution in [3.8, 4) is 28.1 Å². The highest BCUT2D eigenvalue weighted by atomic mass is 16.5. The van der Waals surface area contributed by atoms with Gasteiger partial charge in [-0.15, -0.1) is 0 Å². The lowest BCUT2D eigenvalue weighted by molar-refractivity contribution is -0.111. The van der Waals surface area contributed by atoms with E-state index >= 15 is 0 Å². The number of hydrogen-bond acceptors (Lipinski definition) is 5. The Labute approximate surface area is 202 Å². The number of aromatic nitrogens is 6.